The van der Waals surface area contributed by atoms with E-state index in [1.165, 1.54) is 0 Å². The van der Waals surface area contributed by atoms with E-state index in [4.69, 9.17) is 21.4 Å². The maximum absolute atomic E-state index is 12.8. The van der Waals surface area contributed by atoms with Gasteiger partial charge in [-0.1, -0.05) is 23.7 Å². The lowest BCUT2D eigenvalue weighted by Gasteiger charge is -2.11. The quantitative estimate of drug-likeness (QED) is 0.785. The fourth-order valence-electron chi connectivity index (χ4n) is 2.47. The smallest absolute Gasteiger partial charge is 0.417 e. The Labute approximate surface area is 146 Å². The number of pyridine rings is 1. The Hall–Kier alpha value is -2.28. The van der Waals surface area contributed by atoms with Gasteiger partial charge in [0.1, 0.15) is 10.9 Å². The number of hydrogen-bond acceptors (Lipinski definition) is 3. The number of hydrogen-bond donors (Lipinski definition) is 1. The summed E-state index contributed by atoms with van der Waals surface area (Å²) in [5.74, 6) is -0.667. The van der Waals surface area contributed by atoms with Crippen LogP contribution < -0.4 is 4.74 Å². The van der Waals surface area contributed by atoms with Crippen molar-refractivity contribution in [3.8, 4) is 16.9 Å². The van der Waals surface area contributed by atoms with Crippen molar-refractivity contribution in [2.24, 2.45) is 11.8 Å². The Kier molecular flexibility index (Phi) is 4.60. The number of benzene rings is 1. The fourth-order valence-corrected chi connectivity index (χ4v) is 2.69. The number of alkyl halides is 3. The summed E-state index contributed by atoms with van der Waals surface area (Å²) in [7, 11) is 0. The Morgan fingerprint density at radius 1 is 1.32 bits per heavy atom. The molecule has 0 bridgehead atoms. The maximum atomic E-state index is 12.8. The largest absolute Gasteiger partial charge is 0.493 e. The number of halogens is 4. The summed E-state index contributed by atoms with van der Waals surface area (Å²) in [5, 5.41) is 8.81. The van der Waals surface area contributed by atoms with Gasteiger partial charge >= 0.3 is 12.1 Å². The number of carbonyl (C=O) groups is 1. The second-order valence-corrected chi connectivity index (χ2v) is 6.19. The molecule has 0 unspecified atom stereocenters. The highest BCUT2D eigenvalue weighted by Crippen LogP contribution is 2.39. The van der Waals surface area contributed by atoms with Crippen LogP contribution in [0.4, 0.5) is 13.2 Å². The van der Waals surface area contributed by atoms with Gasteiger partial charge in [0.25, 0.3) is 0 Å². The van der Waals surface area contributed by atoms with Gasteiger partial charge in [-0.15, -0.1) is 0 Å². The lowest BCUT2D eigenvalue weighted by atomic mass is 10.1. The summed E-state index contributed by atoms with van der Waals surface area (Å²) in [6, 6.07) is 7.32. The highest BCUT2D eigenvalue weighted by Gasteiger charge is 2.43. The summed E-state index contributed by atoms with van der Waals surface area (Å²) < 4.78 is 43.9. The van der Waals surface area contributed by atoms with Gasteiger partial charge in [-0.05, 0) is 30.2 Å². The number of rotatable bonds is 5. The minimum Gasteiger partial charge on any atom is -0.493 e. The van der Waals surface area contributed by atoms with Gasteiger partial charge in [-0.3, -0.25) is 4.79 Å². The monoisotopic (exact) mass is 371 g/mol. The van der Waals surface area contributed by atoms with Crippen molar-refractivity contribution in [2.75, 3.05) is 6.61 Å². The highest BCUT2D eigenvalue weighted by molar-refractivity contribution is 6.32. The first-order valence-electron chi connectivity index (χ1n) is 7.44. The molecule has 0 spiro atoms. The number of ether oxygens (including phenoxy) is 1. The summed E-state index contributed by atoms with van der Waals surface area (Å²) in [4.78, 5) is 14.4. The molecule has 1 aromatic carbocycles. The van der Waals surface area contributed by atoms with E-state index >= 15 is 0 Å². The van der Waals surface area contributed by atoms with Crippen LogP contribution in [0.3, 0.4) is 0 Å². The van der Waals surface area contributed by atoms with Crippen molar-refractivity contribution in [3.63, 3.8) is 0 Å². The summed E-state index contributed by atoms with van der Waals surface area (Å²) >= 11 is 5.91. The van der Waals surface area contributed by atoms with E-state index in [1.54, 1.807) is 24.3 Å². The van der Waals surface area contributed by atoms with Crippen LogP contribution in [0.5, 0.6) is 5.75 Å². The lowest BCUT2D eigenvalue weighted by molar-refractivity contribution is -0.139. The predicted molar refractivity (Wildman–Crippen MR) is 84.4 cm³/mol. The van der Waals surface area contributed by atoms with E-state index in [2.05, 4.69) is 4.98 Å². The van der Waals surface area contributed by atoms with E-state index in [0.29, 0.717) is 30.5 Å². The first-order valence-corrected chi connectivity index (χ1v) is 7.82. The summed E-state index contributed by atoms with van der Waals surface area (Å²) in [6.45, 7) is 0.294. The van der Waals surface area contributed by atoms with Crippen molar-refractivity contribution in [1.29, 1.82) is 0 Å². The van der Waals surface area contributed by atoms with Gasteiger partial charge < -0.3 is 9.84 Å². The summed E-state index contributed by atoms with van der Waals surface area (Å²) in [5.41, 5.74) is -0.220. The minimum atomic E-state index is -4.50. The molecule has 0 saturated heterocycles. The third-order valence-electron chi connectivity index (χ3n) is 4.04. The van der Waals surface area contributed by atoms with E-state index in [1.807, 2.05) is 0 Å². The minimum absolute atomic E-state index is 0.000659. The zero-order chi connectivity index (χ0) is 18.2. The Morgan fingerprint density at radius 2 is 2.00 bits per heavy atom. The topological polar surface area (TPSA) is 59.4 Å². The van der Waals surface area contributed by atoms with Crippen molar-refractivity contribution in [2.45, 2.75) is 12.6 Å². The molecule has 4 nitrogen and oxygen atoms in total. The predicted octanol–water partition coefficient (Wildman–Crippen LogP) is 4.52. The van der Waals surface area contributed by atoms with Gasteiger partial charge in [0.05, 0.1) is 18.1 Å². The molecule has 3 rings (SSSR count). The molecule has 0 radical (unpaired) electrons. The first-order chi connectivity index (χ1) is 11.8. The van der Waals surface area contributed by atoms with Crippen molar-refractivity contribution >= 4 is 17.6 Å². The van der Waals surface area contributed by atoms with E-state index in [0.717, 1.165) is 6.07 Å². The van der Waals surface area contributed by atoms with Crippen LogP contribution in [-0.4, -0.2) is 22.7 Å². The third-order valence-corrected chi connectivity index (χ3v) is 4.34. The zero-order valence-corrected chi connectivity index (χ0v) is 13.5. The van der Waals surface area contributed by atoms with Crippen LogP contribution in [-0.2, 0) is 11.0 Å². The molecule has 132 valence electrons. The van der Waals surface area contributed by atoms with Crippen LogP contribution in [0.15, 0.2) is 36.5 Å². The van der Waals surface area contributed by atoms with Crippen LogP contribution in [0.2, 0.25) is 5.15 Å². The molecule has 2 atom stereocenters. The molecule has 1 heterocycles. The number of aromatic nitrogens is 1. The molecule has 1 aliphatic rings. The van der Waals surface area contributed by atoms with Crippen molar-refractivity contribution < 1.29 is 27.8 Å². The molecule has 0 amide bonds. The molecular formula is C17H13ClF3NO3. The van der Waals surface area contributed by atoms with Crippen LogP contribution in [0.25, 0.3) is 11.1 Å². The molecule has 1 N–H and O–H groups in total. The SMILES string of the molecule is O=C(O)[C@@H]1C[C@H]1COc1ccc(-c2cc(C(F)(F)F)cnc2Cl)cc1. The standard InChI is InChI=1S/C17H13ClF3NO3/c18-15-13(6-11(7-22-15)17(19,20)21)9-1-3-12(4-2-9)25-8-10-5-14(10)16(23)24/h1-4,6-7,10,14H,5,8H2,(H,23,24)/t10-,14+/m0/s1. The molecule has 0 aliphatic heterocycles. The highest BCUT2D eigenvalue weighted by atomic mass is 35.5. The fraction of sp³-hybridized carbons (Fsp3) is 0.294. The zero-order valence-electron chi connectivity index (χ0n) is 12.8. The van der Waals surface area contributed by atoms with Crippen LogP contribution in [0, 0.1) is 11.8 Å². The first kappa shape index (κ1) is 17.5. The molecule has 1 aliphatic carbocycles. The molecule has 2 aromatic rings. The molecular weight excluding hydrogens is 359 g/mol. The Morgan fingerprint density at radius 3 is 2.56 bits per heavy atom. The van der Waals surface area contributed by atoms with Gasteiger partial charge in [-0.25, -0.2) is 4.98 Å². The van der Waals surface area contributed by atoms with Crippen LogP contribution in [0.1, 0.15) is 12.0 Å². The second kappa shape index (κ2) is 6.55. The van der Waals surface area contributed by atoms with Gasteiger partial charge in [0.2, 0.25) is 0 Å². The van der Waals surface area contributed by atoms with Gasteiger partial charge in [-0.2, -0.15) is 13.2 Å². The summed E-state index contributed by atoms with van der Waals surface area (Å²) in [6.07, 6.45) is -3.21. The molecule has 1 aromatic heterocycles. The third kappa shape index (κ3) is 4.04. The maximum Gasteiger partial charge on any atom is 0.417 e. The van der Waals surface area contributed by atoms with E-state index in [9.17, 15) is 18.0 Å². The number of aliphatic carboxylic acids is 1. The van der Waals surface area contributed by atoms with E-state index < -0.39 is 17.7 Å². The molecule has 1 fully saturated rings. The van der Waals surface area contributed by atoms with Gasteiger partial charge in [0.15, 0.2) is 0 Å². The number of carboxylic acid groups (broad SMARTS) is 1. The molecule has 8 heteroatoms. The van der Waals surface area contributed by atoms with E-state index in [-0.39, 0.29) is 22.6 Å². The van der Waals surface area contributed by atoms with Crippen molar-refractivity contribution in [3.05, 3.63) is 47.2 Å². The molecule has 1 saturated carbocycles. The average molecular weight is 372 g/mol. The number of carboxylic acids is 1. The lowest BCUT2D eigenvalue weighted by Crippen LogP contribution is -2.06. The number of nitrogens with zero attached hydrogens (tertiary/aromatic N) is 1. The van der Waals surface area contributed by atoms with Crippen molar-refractivity contribution in [1.82, 2.24) is 4.98 Å². The van der Waals surface area contributed by atoms with Gasteiger partial charge in [0, 0.05) is 17.7 Å². The Bertz CT molecular complexity index is 793. The molecule has 25 heavy (non-hydrogen) atoms. The average Bonchev–Trinajstić information content (AvgIpc) is 3.33. The second-order valence-electron chi connectivity index (χ2n) is 5.84. The Balaban J connectivity index is 1.71. The van der Waals surface area contributed by atoms with Crippen LogP contribution >= 0.6 is 11.6 Å². The normalized spacial score (nSPS) is 19.5.